The van der Waals surface area contributed by atoms with Crippen molar-refractivity contribution in [2.75, 3.05) is 51.8 Å². The first-order valence-electron chi connectivity index (χ1n) is 15.6. The number of alkyl halides is 1. The number of methoxy groups -OCH3 is 1. The number of anilines is 1. The number of carbonyl (C=O) groups excluding carboxylic acids is 2. The zero-order chi connectivity index (χ0) is 34.0. The lowest BCUT2D eigenvalue weighted by Gasteiger charge is -2.26. The molecule has 256 valence electrons. The monoisotopic (exact) mass is 659 g/mol. The second-order valence-electron chi connectivity index (χ2n) is 12.2. The Hall–Kier alpha value is -4.14. The van der Waals surface area contributed by atoms with E-state index in [1.807, 2.05) is 17.0 Å². The standard InChI is InChI=1S/C33H42FN3O10/c1-45-14-15-46-26-6-2-4-23(16-26)24(17-28(40)47-29(41)19-33(44,31(42)43)18-27(38)39)20-37-13-11-32(34,21-37)10-9-25-8-7-22-5-3-12-35-30(22)36-25/h2,4,6-8,16,24,44H,3,5,9-15,17-21H2,1H3,(H,35,36)(H,38,39)(H,42,43)/t24-,32+,33?/m1/s1. The summed E-state index contributed by atoms with van der Waals surface area (Å²) in [5, 5.41) is 31.7. The molecule has 0 bridgehead atoms. The van der Waals surface area contributed by atoms with Crippen molar-refractivity contribution in [3.8, 4) is 5.75 Å². The van der Waals surface area contributed by atoms with Crippen molar-refractivity contribution in [2.24, 2.45) is 0 Å². The van der Waals surface area contributed by atoms with Crippen LogP contribution in [-0.2, 0) is 41.5 Å². The summed E-state index contributed by atoms with van der Waals surface area (Å²) in [6, 6.07) is 11.0. The molecule has 1 unspecified atom stereocenters. The van der Waals surface area contributed by atoms with Gasteiger partial charge < -0.3 is 34.8 Å². The van der Waals surface area contributed by atoms with E-state index < -0.39 is 53.9 Å². The number of esters is 2. The summed E-state index contributed by atoms with van der Waals surface area (Å²) < 4.78 is 31.6. The van der Waals surface area contributed by atoms with Gasteiger partial charge in [0.1, 0.15) is 23.8 Å². The molecule has 1 saturated heterocycles. The largest absolute Gasteiger partial charge is 0.491 e. The highest BCUT2D eigenvalue weighted by molar-refractivity contribution is 5.92. The highest BCUT2D eigenvalue weighted by Crippen LogP contribution is 2.34. The average Bonchev–Trinajstić information content (AvgIpc) is 3.39. The Morgan fingerprint density at radius 2 is 1.94 bits per heavy atom. The number of ether oxygens (including phenoxy) is 3. The molecule has 2 aromatic rings. The van der Waals surface area contributed by atoms with E-state index in [0.717, 1.165) is 30.9 Å². The van der Waals surface area contributed by atoms with Crippen LogP contribution in [0.3, 0.4) is 0 Å². The second-order valence-corrected chi connectivity index (χ2v) is 12.2. The third-order valence-corrected chi connectivity index (χ3v) is 8.45. The number of halogens is 1. The molecule has 1 aromatic heterocycles. The van der Waals surface area contributed by atoms with Crippen molar-refractivity contribution < 1.29 is 53.1 Å². The number of benzene rings is 1. The minimum absolute atomic E-state index is 0.130. The van der Waals surface area contributed by atoms with E-state index in [-0.39, 0.29) is 32.5 Å². The molecular weight excluding hydrogens is 617 g/mol. The number of pyridine rings is 1. The van der Waals surface area contributed by atoms with Gasteiger partial charge in [0.25, 0.3) is 0 Å². The van der Waals surface area contributed by atoms with Gasteiger partial charge in [-0.2, -0.15) is 0 Å². The van der Waals surface area contributed by atoms with Crippen LogP contribution in [0.1, 0.15) is 61.3 Å². The summed E-state index contributed by atoms with van der Waals surface area (Å²) in [6.45, 7) is 2.32. The number of carboxylic acid groups (broad SMARTS) is 2. The van der Waals surface area contributed by atoms with Crippen LogP contribution >= 0.6 is 0 Å². The Labute approximate surface area is 272 Å². The third kappa shape index (κ3) is 10.4. The molecule has 3 heterocycles. The fourth-order valence-electron chi connectivity index (χ4n) is 5.95. The Bertz CT molecular complexity index is 1440. The van der Waals surface area contributed by atoms with Crippen molar-refractivity contribution >= 4 is 29.7 Å². The number of likely N-dealkylation sites (tertiary alicyclic amines) is 1. The van der Waals surface area contributed by atoms with Gasteiger partial charge in [-0.15, -0.1) is 0 Å². The molecule has 2 aliphatic heterocycles. The predicted molar refractivity (Wildman–Crippen MR) is 166 cm³/mol. The summed E-state index contributed by atoms with van der Waals surface area (Å²) in [5.41, 5.74) is -1.76. The van der Waals surface area contributed by atoms with Gasteiger partial charge in [-0.05, 0) is 61.4 Å². The molecule has 14 heteroatoms. The number of aromatic nitrogens is 1. The molecular formula is C33H42FN3O10. The van der Waals surface area contributed by atoms with Gasteiger partial charge in [-0.3, -0.25) is 19.3 Å². The molecule has 4 N–H and O–H groups in total. The van der Waals surface area contributed by atoms with Crippen molar-refractivity contribution in [3.05, 3.63) is 53.2 Å². The Morgan fingerprint density at radius 3 is 2.68 bits per heavy atom. The molecule has 2 aliphatic rings. The number of hydrogen-bond acceptors (Lipinski definition) is 11. The molecule has 0 amide bonds. The zero-order valence-corrected chi connectivity index (χ0v) is 26.4. The number of fused-ring (bicyclic) bond motifs is 1. The van der Waals surface area contributed by atoms with E-state index in [1.165, 1.54) is 5.56 Å². The van der Waals surface area contributed by atoms with Gasteiger partial charge in [0.05, 0.1) is 25.9 Å². The van der Waals surface area contributed by atoms with Crippen molar-refractivity contribution in [2.45, 2.75) is 68.6 Å². The number of nitrogens with one attached hydrogen (secondary N) is 1. The minimum Gasteiger partial charge on any atom is -0.491 e. The topological polar surface area (TPSA) is 185 Å². The summed E-state index contributed by atoms with van der Waals surface area (Å²) >= 11 is 0. The summed E-state index contributed by atoms with van der Waals surface area (Å²) in [6.07, 6.45) is 0.243. The quantitative estimate of drug-likeness (QED) is 0.111. The van der Waals surface area contributed by atoms with E-state index in [1.54, 1.807) is 31.4 Å². The van der Waals surface area contributed by atoms with E-state index in [4.69, 9.17) is 19.3 Å². The predicted octanol–water partition coefficient (Wildman–Crippen LogP) is 2.74. The van der Waals surface area contributed by atoms with Crippen LogP contribution in [-0.4, -0.2) is 107 Å². The van der Waals surface area contributed by atoms with E-state index in [0.29, 0.717) is 37.3 Å². The first-order chi connectivity index (χ1) is 22.4. The maximum absolute atomic E-state index is 16.1. The van der Waals surface area contributed by atoms with Gasteiger partial charge in [0.2, 0.25) is 0 Å². The summed E-state index contributed by atoms with van der Waals surface area (Å²) in [4.78, 5) is 54.4. The molecule has 1 fully saturated rings. The van der Waals surface area contributed by atoms with Crippen LogP contribution in [0.4, 0.5) is 10.2 Å². The Kier molecular flexibility index (Phi) is 12.2. The number of nitrogens with zero attached hydrogens (tertiary/aromatic N) is 2. The van der Waals surface area contributed by atoms with Gasteiger partial charge in [-0.1, -0.05) is 18.2 Å². The molecule has 0 spiro atoms. The van der Waals surface area contributed by atoms with Crippen molar-refractivity contribution in [1.29, 1.82) is 0 Å². The Balaban J connectivity index is 1.42. The molecule has 1 aromatic carbocycles. The van der Waals surface area contributed by atoms with Crippen molar-refractivity contribution in [1.82, 2.24) is 9.88 Å². The second kappa shape index (κ2) is 16.1. The van der Waals surface area contributed by atoms with E-state index >= 15 is 4.39 Å². The lowest BCUT2D eigenvalue weighted by atomic mass is 9.94. The lowest BCUT2D eigenvalue weighted by Crippen LogP contribution is -2.43. The van der Waals surface area contributed by atoms with Gasteiger partial charge in [0, 0.05) is 44.9 Å². The molecule has 3 atom stereocenters. The van der Waals surface area contributed by atoms with Gasteiger partial charge in [-0.25, -0.2) is 14.2 Å². The number of aliphatic carboxylic acids is 2. The first kappa shape index (κ1) is 35.7. The van der Waals surface area contributed by atoms with Crippen LogP contribution in [0.5, 0.6) is 5.75 Å². The maximum atomic E-state index is 16.1. The highest BCUT2D eigenvalue weighted by Gasteiger charge is 2.42. The fourth-order valence-corrected chi connectivity index (χ4v) is 5.95. The van der Waals surface area contributed by atoms with Gasteiger partial charge in [0.15, 0.2) is 5.60 Å². The summed E-state index contributed by atoms with van der Waals surface area (Å²) in [7, 11) is 1.54. The first-order valence-corrected chi connectivity index (χ1v) is 15.6. The van der Waals surface area contributed by atoms with E-state index in [9.17, 15) is 29.4 Å². The zero-order valence-electron chi connectivity index (χ0n) is 26.4. The molecule has 4 rings (SSSR count). The molecule has 13 nitrogen and oxygen atoms in total. The SMILES string of the molecule is COCCOc1cccc([C@H](CC(=O)OC(=O)CC(O)(CC(=O)O)C(=O)O)CN2CC[C@@](F)(CCc3ccc4c(n3)NCCC4)C2)c1. The number of carboxylic acids is 2. The van der Waals surface area contributed by atoms with Crippen LogP contribution < -0.4 is 10.1 Å². The Morgan fingerprint density at radius 1 is 1.13 bits per heavy atom. The lowest BCUT2D eigenvalue weighted by molar-refractivity contribution is -0.174. The number of carbonyl (C=O) groups is 4. The van der Waals surface area contributed by atoms with Crippen molar-refractivity contribution in [3.63, 3.8) is 0 Å². The van der Waals surface area contributed by atoms with E-state index in [2.05, 4.69) is 10.3 Å². The average molecular weight is 660 g/mol. The number of aryl methyl sites for hydroxylation is 2. The van der Waals surface area contributed by atoms with Gasteiger partial charge >= 0.3 is 23.9 Å². The molecule has 0 saturated carbocycles. The van der Waals surface area contributed by atoms with Crippen LogP contribution in [0.25, 0.3) is 0 Å². The minimum atomic E-state index is -2.94. The third-order valence-electron chi connectivity index (χ3n) is 8.45. The van der Waals surface area contributed by atoms with Crippen LogP contribution in [0.15, 0.2) is 36.4 Å². The van der Waals surface area contributed by atoms with Crippen LogP contribution in [0, 0.1) is 0 Å². The smallest absolute Gasteiger partial charge is 0.336 e. The number of aliphatic hydroxyl groups is 1. The van der Waals surface area contributed by atoms with Crippen LogP contribution in [0.2, 0.25) is 0 Å². The molecule has 47 heavy (non-hydrogen) atoms. The molecule has 0 aliphatic carbocycles. The number of rotatable bonds is 17. The summed E-state index contributed by atoms with van der Waals surface area (Å²) in [5.74, 6) is -5.16. The fraction of sp³-hybridized carbons (Fsp3) is 0.545. The number of hydrogen-bond donors (Lipinski definition) is 4. The highest BCUT2D eigenvalue weighted by atomic mass is 19.1. The maximum Gasteiger partial charge on any atom is 0.336 e. The normalized spacial score (nSPS) is 19.6. The molecule has 0 radical (unpaired) electrons.